The number of aromatic amines is 1. The Balaban J connectivity index is 2.33. The Morgan fingerprint density at radius 3 is 2.58 bits per heavy atom. The van der Waals surface area contributed by atoms with Crippen molar-refractivity contribution in [3.63, 3.8) is 0 Å². The van der Waals surface area contributed by atoms with Crippen molar-refractivity contribution in [2.24, 2.45) is 4.99 Å². The summed E-state index contributed by atoms with van der Waals surface area (Å²) in [6, 6.07) is 5.60. The van der Waals surface area contributed by atoms with Crippen LogP contribution in [-0.4, -0.2) is 40.6 Å². The topological polar surface area (TPSA) is 94.9 Å². The Morgan fingerprint density at radius 1 is 1.32 bits per heavy atom. The van der Waals surface area contributed by atoms with Crippen LogP contribution in [0.5, 0.6) is 0 Å². The van der Waals surface area contributed by atoms with Gasteiger partial charge in [0.2, 0.25) is 0 Å². The van der Waals surface area contributed by atoms with E-state index in [1.807, 2.05) is 32.0 Å². The lowest BCUT2D eigenvalue weighted by molar-refractivity contribution is 0.0964. The van der Waals surface area contributed by atoms with E-state index in [2.05, 4.69) is 35.7 Å². The monoisotopic (exact) mass is 422 g/mol. The van der Waals surface area contributed by atoms with E-state index >= 15 is 0 Å². The first-order valence-corrected chi connectivity index (χ1v) is 10.5. The van der Waals surface area contributed by atoms with Crippen molar-refractivity contribution in [3.8, 4) is 0 Å². The molecule has 0 atom stereocenters. The number of rotatable bonds is 6. The van der Waals surface area contributed by atoms with Crippen molar-refractivity contribution in [1.82, 2.24) is 19.9 Å². The number of hydrogen-bond donors (Lipinski definition) is 2. The van der Waals surface area contributed by atoms with Crippen LogP contribution in [0.3, 0.4) is 0 Å². The summed E-state index contributed by atoms with van der Waals surface area (Å²) in [6.45, 7) is 15.6. The number of amides is 1. The largest absolute Gasteiger partial charge is 0.372 e. The van der Waals surface area contributed by atoms with Crippen LogP contribution in [-0.2, 0) is 0 Å². The second-order valence-corrected chi connectivity index (χ2v) is 7.74. The summed E-state index contributed by atoms with van der Waals surface area (Å²) >= 11 is 0. The molecule has 2 heterocycles. The van der Waals surface area contributed by atoms with Gasteiger partial charge in [-0.1, -0.05) is 20.4 Å². The predicted molar refractivity (Wildman–Crippen MR) is 124 cm³/mol. The van der Waals surface area contributed by atoms with Crippen molar-refractivity contribution in [2.45, 2.75) is 40.5 Å². The quantitative estimate of drug-likeness (QED) is 0.635. The maximum Gasteiger partial charge on any atom is 0.275 e. The molecule has 1 aromatic carbocycles. The minimum atomic E-state index is -0.234. The van der Waals surface area contributed by atoms with Crippen LogP contribution in [0.2, 0.25) is 0 Å². The smallest absolute Gasteiger partial charge is 0.275 e. The van der Waals surface area contributed by atoms with E-state index in [1.54, 1.807) is 14.0 Å². The van der Waals surface area contributed by atoms with Gasteiger partial charge >= 0.3 is 0 Å². The van der Waals surface area contributed by atoms with Gasteiger partial charge in [-0.05, 0) is 44.9 Å². The fraction of sp³-hybridized carbons (Fsp3) is 0.391. The Kier molecular flexibility index (Phi) is 6.29. The summed E-state index contributed by atoms with van der Waals surface area (Å²) in [4.78, 5) is 37.0. The maximum absolute atomic E-state index is 12.8. The average molecular weight is 423 g/mol. The minimum Gasteiger partial charge on any atom is -0.372 e. The lowest BCUT2D eigenvalue weighted by Crippen LogP contribution is -2.24. The average Bonchev–Trinajstić information content (AvgIpc) is 3.07. The molecule has 0 bridgehead atoms. The highest BCUT2D eigenvalue weighted by Crippen LogP contribution is 2.25. The second kappa shape index (κ2) is 8.75. The molecule has 2 aromatic heterocycles. The van der Waals surface area contributed by atoms with Gasteiger partial charge in [0.25, 0.3) is 11.5 Å². The third kappa shape index (κ3) is 3.97. The molecule has 2 N–H and O–H groups in total. The highest BCUT2D eigenvalue weighted by Gasteiger charge is 2.16. The van der Waals surface area contributed by atoms with E-state index < -0.39 is 0 Å². The minimum absolute atomic E-state index is 0.0866. The van der Waals surface area contributed by atoms with Crippen LogP contribution >= 0.6 is 0 Å². The Hall–Kier alpha value is -3.42. The van der Waals surface area contributed by atoms with Gasteiger partial charge in [-0.2, -0.15) is 4.52 Å². The molecule has 3 rings (SSSR count). The second-order valence-electron chi connectivity index (χ2n) is 7.74. The number of nitrogens with zero attached hydrogens (tertiary/aromatic N) is 4. The third-order valence-electron chi connectivity index (χ3n) is 5.45. The highest BCUT2D eigenvalue weighted by molar-refractivity contribution is 5.99. The number of nitrogens with one attached hydrogen (secondary N) is 2. The molecule has 1 amide bonds. The molecule has 0 spiro atoms. The van der Waals surface area contributed by atoms with Crippen molar-refractivity contribution < 1.29 is 4.79 Å². The lowest BCUT2D eigenvalue weighted by atomic mass is 10.1. The fourth-order valence-electron chi connectivity index (χ4n) is 3.73. The first-order valence-electron chi connectivity index (χ1n) is 10.5. The number of aromatic nitrogens is 3. The predicted octanol–water partition coefficient (Wildman–Crippen LogP) is 2.02. The van der Waals surface area contributed by atoms with Crippen molar-refractivity contribution in [1.29, 1.82) is 0 Å². The summed E-state index contributed by atoms with van der Waals surface area (Å²) in [5.41, 5.74) is 3.43. The molecule has 3 aromatic rings. The molecule has 0 saturated heterocycles. The molecule has 8 nitrogen and oxygen atoms in total. The maximum atomic E-state index is 12.8. The van der Waals surface area contributed by atoms with Gasteiger partial charge in [-0.25, -0.2) is 9.98 Å². The molecule has 0 fully saturated rings. The van der Waals surface area contributed by atoms with Crippen molar-refractivity contribution in [3.05, 3.63) is 56.1 Å². The van der Waals surface area contributed by atoms with Crippen LogP contribution in [0.25, 0.3) is 12.2 Å². The normalized spacial score (nSPS) is 12.0. The summed E-state index contributed by atoms with van der Waals surface area (Å²) in [7, 11) is 1.59. The number of H-pyrrole nitrogens is 1. The molecule has 0 radical (unpaired) electrons. The number of anilines is 1. The summed E-state index contributed by atoms with van der Waals surface area (Å²) < 4.78 is 1.37. The van der Waals surface area contributed by atoms with E-state index in [9.17, 15) is 9.59 Å². The third-order valence-corrected chi connectivity index (χ3v) is 5.45. The number of fused-ring (bicyclic) bond motifs is 1. The number of carbonyl (C=O) groups is 1. The molecule has 0 aliphatic rings. The fourth-order valence-corrected chi connectivity index (χ4v) is 3.73. The number of hydrogen-bond acceptors (Lipinski definition) is 5. The van der Waals surface area contributed by atoms with Gasteiger partial charge < -0.3 is 10.2 Å². The van der Waals surface area contributed by atoms with Crippen LogP contribution in [0, 0.1) is 6.92 Å². The van der Waals surface area contributed by atoms with Crippen LogP contribution in [0.1, 0.15) is 55.2 Å². The first-order chi connectivity index (χ1) is 14.7. The molecular weight excluding hydrogens is 392 g/mol. The molecule has 0 aliphatic carbocycles. The molecular formula is C23H30N6O2. The van der Waals surface area contributed by atoms with Gasteiger partial charge in [0.05, 0.1) is 22.3 Å². The van der Waals surface area contributed by atoms with E-state index in [4.69, 9.17) is 9.98 Å². The Labute approximate surface area is 181 Å². The van der Waals surface area contributed by atoms with Gasteiger partial charge in [-0.15, -0.1) is 0 Å². The highest BCUT2D eigenvalue weighted by atomic mass is 16.1. The number of benzene rings is 1. The van der Waals surface area contributed by atoms with Gasteiger partial charge in [-0.3, -0.25) is 14.7 Å². The van der Waals surface area contributed by atoms with Crippen molar-refractivity contribution >= 4 is 29.5 Å². The van der Waals surface area contributed by atoms with E-state index in [0.717, 1.165) is 24.5 Å². The molecule has 164 valence electrons. The molecule has 8 heteroatoms. The molecule has 31 heavy (non-hydrogen) atoms. The Bertz CT molecular complexity index is 1300. The van der Waals surface area contributed by atoms with Crippen LogP contribution in [0.15, 0.2) is 28.0 Å². The van der Waals surface area contributed by atoms with Gasteiger partial charge in [0.1, 0.15) is 5.36 Å². The van der Waals surface area contributed by atoms with E-state index in [0.29, 0.717) is 33.2 Å². The summed E-state index contributed by atoms with van der Waals surface area (Å²) in [5, 5.41) is 6.55. The van der Waals surface area contributed by atoms with Crippen molar-refractivity contribution in [2.75, 3.05) is 25.0 Å². The molecule has 0 unspecified atom stereocenters. The standard InChI is InChI=1S/C23H30N6O2/c1-8-28(9-2)16-10-11-18(17(12-16)22(30)24-7)25-20-15(6)27-29-21(20)26-19(13(3)4)14(5)23(29)31/h10-13,27H,6,8-9H2,1-5,7H3,(H,24,30). The zero-order chi connectivity index (χ0) is 22.9. The summed E-state index contributed by atoms with van der Waals surface area (Å²) in [6.07, 6.45) is 0. The molecule has 0 aliphatic heterocycles. The Morgan fingerprint density at radius 2 is 2.00 bits per heavy atom. The molecule has 0 saturated carbocycles. The first kappa shape index (κ1) is 22.3. The van der Waals surface area contributed by atoms with Gasteiger partial charge in [0, 0.05) is 31.4 Å². The summed E-state index contributed by atoms with van der Waals surface area (Å²) in [5.74, 6) is -0.148. The van der Waals surface area contributed by atoms with Gasteiger partial charge in [0.15, 0.2) is 5.65 Å². The SMILES string of the molecule is C=c1[nH]n2c(=O)c(C)c(C(C)C)nc2c1=Nc1ccc(N(CC)CC)cc1C(=O)NC. The lowest BCUT2D eigenvalue weighted by Gasteiger charge is -2.22. The van der Waals surface area contributed by atoms with E-state index in [-0.39, 0.29) is 17.4 Å². The van der Waals surface area contributed by atoms with Crippen LogP contribution in [0.4, 0.5) is 11.4 Å². The number of carbonyl (C=O) groups excluding carboxylic acids is 1. The zero-order valence-corrected chi connectivity index (χ0v) is 19.0. The zero-order valence-electron chi connectivity index (χ0n) is 19.0. The van der Waals surface area contributed by atoms with E-state index in [1.165, 1.54) is 4.52 Å². The van der Waals surface area contributed by atoms with Crippen LogP contribution < -0.4 is 26.5 Å².